The van der Waals surface area contributed by atoms with Gasteiger partial charge >= 0.3 is 24.4 Å². The Balaban J connectivity index is 0.000000289. The first-order chi connectivity index (χ1) is 20.8. The summed E-state index contributed by atoms with van der Waals surface area (Å²) in [4.78, 5) is 32.0. The molecule has 4 rings (SSSR count). The number of anilines is 2. The summed E-state index contributed by atoms with van der Waals surface area (Å²) in [6.07, 6.45) is -10.1. The van der Waals surface area contributed by atoms with E-state index < -0.39 is 61.5 Å². The molecule has 3 amide bonds. The Labute approximate surface area is 260 Å². The van der Waals surface area contributed by atoms with Gasteiger partial charge in [-0.1, -0.05) is 47.5 Å². The zero-order chi connectivity index (χ0) is 33.7. The topological polar surface area (TPSA) is 153 Å². The van der Waals surface area contributed by atoms with E-state index in [1.807, 2.05) is 31.2 Å². The van der Waals surface area contributed by atoms with Crippen molar-refractivity contribution in [3.05, 3.63) is 59.9 Å². The number of carbonyl (C=O) groups excluding carboxylic acids is 2. The lowest BCUT2D eigenvalue weighted by Crippen LogP contribution is -2.47. The molecule has 1 aromatic heterocycles. The van der Waals surface area contributed by atoms with Gasteiger partial charge in [-0.15, -0.1) is 0 Å². The predicted octanol–water partition coefficient (Wildman–Crippen LogP) is 5.03. The third-order valence-corrected chi connectivity index (χ3v) is 7.22. The molecule has 0 radical (unpaired) electrons. The van der Waals surface area contributed by atoms with E-state index in [0.717, 1.165) is 24.9 Å². The number of alkyl halides is 8. The van der Waals surface area contributed by atoms with Gasteiger partial charge in [-0.25, -0.2) is 17.9 Å². The van der Waals surface area contributed by atoms with Gasteiger partial charge in [-0.3, -0.25) is 10.1 Å². The molecule has 1 atom stereocenters. The van der Waals surface area contributed by atoms with Gasteiger partial charge in [0.05, 0.1) is 29.3 Å². The first-order valence-corrected chi connectivity index (χ1v) is 14.4. The minimum Gasteiger partial charge on any atom is -0.489 e. The second kappa shape index (κ2) is 13.9. The van der Waals surface area contributed by atoms with Crippen molar-refractivity contribution in [1.29, 1.82) is 0 Å². The molecule has 1 unspecified atom stereocenters. The molecule has 2 N–H and O–H groups in total. The van der Waals surface area contributed by atoms with Crippen LogP contribution in [0.1, 0.15) is 18.3 Å². The minimum atomic E-state index is -5.05. The first-order valence-electron chi connectivity index (χ1n) is 12.1. The van der Waals surface area contributed by atoms with Crippen LogP contribution < -0.4 is 24.4 Å². The Morgan fingerprint density at radius 1 is 1.00 bits per heavy atom. The summed E-state index contributed by atoms with van der Waals surface area (Å²) in [6.45, 7) is 2.34. The van der Waals surface area contributed by atoms with E-state index in [1.165, 1.54) is 4.72 Å². The molecule has 2 heterocycles. The zero-order valence-electron chi connectivity index (χ0n) is 22.7. The van der Waals surface area contributed by atoms with Crippen LogP contribution >= 0.6 is 23.2 Å². The fourth-order valence-electron chi connectivity index (χ4n) is 3.61. The number of fused-ring (bicyclic) bond motifs is 1. The monoisotopic (exact) mass is 704 g/mol. The van der Waals surface area contributed by atoms with Crippen molar-refractivity contribution < 1.29 is 53.8 Å². The van der Waals surface area contributed by atoms with Gasteiger partial charge < -0.3 is 14.4 Å². The maximum absolute atomic E-state index is 13.0. The van der Waals surface area contributed by atoms with Crippen molar-refractivity contribution >= 4 is 56.8 Å². The van der Waals surface area contributed by atoms with Gasteiger partial charge in [0.2, 0.25) is 11.8 Å². The fourth-order valence-corrected chi connectivity index (χ4v) is 4.96. The molecule has 1 aliphatic heterocycles. The molecule has 0 aliphatic carbocycles. The maximum atomic E-state index is 13.0. The minimum absolute atomic E-state index is 0.0672. The van der Waals surface area contributed by atoms with Crippen LogP contribution in [0.25, 0.3) is 0 Å². The number of urea groups is 1. The number of amides is 3. The van der Waals surface area contributed by atoms with Crippen molar-refractivity contribution in [2.45, 2.75) is 35.0 Å². The smallest absolute Gasteiger partial charge is 0.451 e. The number of benzene rings is 2. The molecule has 244 valence electrons. The highest BCUT2D eigenvalue weighted by Gasteiger charge is 2.38. The quantitative estimate of drug-likeness (QED) is 0.275. The largest absolute Gasteiger partial charge is 0.489 e. The van der Waals surface area contributed by atoms with Crippen molar-refractivity contribution in [2.75, 3.05) is 23.9 Å². The second-order valence-corrected chi connectivity index (χ2v) is 11.4. The molecule has 12 nitrogen and oxygen atoms in total. The third-order valence-electron chi connectivity index (χ3n) is 5.46. The molecular formula is C24H20Cl2F6N6O6S. The highest BCUT2D eigenvalue weighted by atomic mass is 35.5. The van der Waals surface area contributed by atoms with Crippen molar-refractivity contribution in [3.63, 3.8) is 0 Å². The number of hydrogen-bond donors (Lipinski definition) is 2. The molecule has 45 heavy (non-hydrogen) atoms. The van der Waals surface area contributed by atoms with Gasteiger partial charge in [0.15, 0.2) is 4.84 Å². The molecule has 3 aromatic rings. The molecule has 21 heteroatoms. The first kappa shape index (κ1) is 35.4. The molecule has 1 aliphatic rings. The normalized spacial score (nSPS) is 14.8. The van der Waals surface area contributed by atoms with Gasteiger partial charge in [0.1, 0.15) is 12.4 Å². The summed E-state index contributed by atoms with van der Waals surface area (Å²) in [6, 6.07) is 7.67. The van der Waals surface area contributed by atoms with Crippen LogP contribution in [0.2, 0.25) is 0 Å². The molecule has 2 aromatic carbocycles. The fraction of sp³-hybridized carbons (Fsp3) is 0.292. The number of nitrogens with one attached hydrogen (secondary N) is 2. The van der Waals surface area contributed by atoms with Crippen molar-refractivity contribution in [2.24, 2.45) is 0 Å². The molecule has 0 fully saturated rings. The Hall–Kier alpha value is -4.10. The Morgan fingerprint density at radius 3 is 2.22 bits per heavy atom. The summed E-state index contributed by atoms with van der Waals surface area (Å²) >= 11 is 11.3. The second-order valence-electron chi connectivity index (χ2n) is 8.66. The van der Waals surface area contributed by atoms with Gasteiger partial charge in [-0.2, -0.15) is 41.3 Å². The number of carbonyl (C=O) groups is 2. The van der Waals surface area contributed by atoms with E-state index in [1.54, 1.807) is 10.2 Å². The predicted molar refractivity (Wildman–Crippen MR) is 147 cm³/mol. The van der Waals surface area contributed by atoms with E-state index >= 15 is 0 Å². The number of ether oxygens (including phenoxy) is 2. The van der Waals surface area contributed by atoms with E-state index in [9.17, 15) is 44.3 Å². The SMILES string of the molecule is CC1COc2ccccc2N1C(=O)C(Cl)Cl.COc1nc(NC(=O)NS(=O)(=O)c2ccccc2C(F)(F)F)nc(C(F)(F)F)n1. The lowest BCUT2D eigenvalue weighted by molar-refractivity contribution is -0.145. The highest BCUT2D eigenvalue weighted by molar-refractivity contribution is 7.90. The van der Waals surface area contributed by atoms with E-state index in [4.69, 9.17) is 27.9 Å². The van der Waals surface area contributed by atoms with Crippen LogP contribution in [-0.4, -0.2) is 59.9 Å². The summed E-state index contributed by atoms with van der Waals surface area (Å²) in [5.41, 5.74) is -0.834. The van der Waals surface area contributed by atoms with E-state index in [-0.39, 0.29) is 11.9 Å². The number of methoxy groups -OCH3 is 1. The van der Waals surface area contributed by atoms with E-state index in [0.29, 0.717) is 24.5 Å². The molecule has 0 spiro atoms. The van der Waals surface area contributed by atoms with Crippen LogP contribution in [0.4, 0.5) is 42.8 Å². The molecular weight excluding hydrogens is 685 g/mol. The number of para-hydroxylation sites is 2. The van der Waals surface area contributed by atoms with Gasteiger partial charge in [-0.05, 0) is 31.2 Å². The van der Waals surface area contributed by atoms with Crippen LogP contribution in [-0.2, 0) is 27.2 Å². The zero-order valence-corrected chi connectivity index (χ0v) is 25.0. The number of aromatic nitrogens is 3. The summed E-state index contributed by atoms with van der Waals surface area (Å²) < 4.78 is 112. The average Bonchev–Trinajstić information content (AvgIpc) is 2.95. The summed E-state index contributed by atoms with van der Waals surface area (Å²) in [5.74, 6) is -2.44. The van der Waals surface area contributed by atoms with Crippen molar-refractivity contribution in [3.8, 4) is 11.8 Å². The third kappa shape index (κ3) is 8.98. The van der Waals surface area contributed by atoms with Gasteiger partial charge in [0, 0.05) is 0 Å². The number of sulfonamides is 1. The van der Waals surface area contributed by atoms with Crippen molar-refractivity contribution in [1.82, 2.24) is 19.7 Å². The Kier molecular flexibility index (Phi) is 10.9. The van der Waals surface area contributed by atoms with Crippen LogP contribution in [0, 0.1) is 0 Å². The molecule has 0 saturated carbocycles. The number of nitrogens with zero attached hydrogens (tertiary/aromatic N) is 4. The molecule has 0 saturated heterocycles. The number of hydrogen-bond acceptors (Lipinski definition) is 9. The average molecular weight is 705 g/mol. The maximum Gasteiger partial charge on any atom is 0.451 e. The van der Waals surface area contributed by atoms with Crippen LogP contribution in [0.15, 0.2) is 53.4 Å². The lowest BCUT2D eigenvalue weighted by Gasteiger charge is -2.35. The Bertz CT molecular complexity index is 1660. The Morgan fingerprint density at radius 2 is 1.62 bits per heavy atom. The summed E-state index contributed by atoms with van der Waals surface area (Å²) in [5, 5.41) is 1.56. The molecule has 0 bridgehead atoms. The summed E-state index contributed by atoms with van der Waals surface area (Å²) in [7, 11) is -4.14. The highest BCUT2D eigenvalue weighted by Crippen LogP contribution is 2.35. The van der Waals surface area contributed by atoms with E-state index in [2.05, 4.69) is 19.7 Å². The van der Waals surface area contributed by atoms with Crippen LogP contribution in [0.5, 0.6) is 11.8 Å². The van der Waals surface area contributed by atoms with Crippen LogP contribution in [0.3, 0.4) is 0 Å². The van der Waals surface area contributed by atoms with Gasteiger partial charge in [0.25, 0.3) is 15.9 Å². The lowest BCUT2D eigenvalue weighted by atomic mass is 10.1. The number of halogens is 8. The standard InChI is InChI=1S/C13H9F6N5O4S.C11H11Cl2NO2/c1-28-11-21-8(13(17,18)19)20-9(23-11)22-10(25)24-29(26,27)7-5-3-2-4-6(7)12(14,15)16;1-7-6-16-9-5-3-2-4-8(9)14(7)11(15)10(12)13/h2-5H,1H3,(H2,20,21,22,23,24,25);2-5,7,10H,6H2,1H3. The number of rotatable bonds is 5.